The van der Waals surface area contributed by atoms with Crippen LogP contribution in [0.4, 0.5) is 5.69 Å². The monoisotopic (exact) mass is 387 g/mol. The van der Waals surface area contributed by atoms with Crippen molar-refractivity contribution in [2.75, 3.05) is 12.4 Å². The minimum Gasteiger partial charge on any atom is -0.318 e. The molecule has 0 unspecified atom stereocenters. The Morgan fingerprint density at radius 3 is 2.59 bits per heavy atom. The summed E-state index contributed by atoms with van der Waals surface area (Å²) < 4.78 is 31.2. The largest absolute Gasteiger partial charge is 0.345 e. The van der Waals surface area contributed by atoms with E-state index in [1.165, 1.54) is 19.3 Å². The van der Waals surface area contributed by atoms with Crippen molar-refractivity contribution in [1.29, 1.82) is 0 Å². The van der Waals surface area contributed by atoms with Gasteiger partial charge >= 0.3 is 10.2 Å². The molecular weight excluding hydrogens is 366 g/mol. The first-order valence-electron chi connectivity index (χ1n) is 8.51. The third-order valence-corrected chi connectivity index (χ3v) is 5.41. The van der Waals surface area contributed by atoms with Crippen LogP contribution in [-0.2, 0) is 21.5 Å². The lowest BCUT2D eigenvalue weighted by Gasteiger charge is -2.23. The van der Waals surface area contributed by atoms with Gasteiger partial charge < -0.3 is 5.32 Å². The summed E-state index contributed by atoms with van der Waals surface area (Å²) in [4.78, 5) is 12.7. The number of benzene rings is 1. The SMILES string of the molecule is CCCn1cc(NC(=O)C2=CC(c3ccc(C)cc3)=NS(=O)(=O)N2C)cn1. The topological polar surface area (TPSA) is 96.7 Å². The molecule has 9 heteroatoms. The maximum absolute atomic E-state index is 12.7. The molecule has 2 heterocycles. The minimum absolute atomic E-state index is 0.0104. The smallest absolute Gasteiger partial charge is 0.318 e. The Hall–Kier alpha value is -2.94. The summed E-state index contributed by atoms with van der Waals surface area (Å²) in [6.07, 6.45) is 5.61. The Bertz CT molecular complexity index is 1020. The van der Waals surface area contributed by atoms with Crippen molar-refractivity contribution in [3.63, 3.8) is 0 Å². The number of anilines is 1. The molecule has 0 fully saturated rings. The molecule has 1 aliphatic heterocycles. The summed E-state index contributed by atoms with van der Waals surface area (Å²) in [5.74, 6) is -0.545. The van der Waals surface area contributed by atoms with Crippen molar-refractivity contribution in [3.05, 3.63) is 59.6 Å². The van der Waals surface area contributed by atoms with E-state index >= 15 is 0 Å². The molecule has 0 aliphatic carbocycles. The maximum atomic E-state index is 12.7. The van der Waals surface area contributed by atoms with Crippen LogP contribution in [0.5, 0.6) is 0 Å². The van der Waals surface area contributed by atoms with E-state index in [4.69, 9.17) is 0 Å². The second kappa shape index (κ2) is 7.36. The molecule has 0 saturated heterocycles. The maximum Gasteiger partial charge on any atom is 0.345 e. The average Bonchev–Trinajstić information content (AvgIpc) is 3.05. The lowest BCUT2D eigenvalue weighted by molar-refractivity contribution is -0.113. The molecule has 3 rings (SSSR count). The lowest BCUT2D eigenvalue weighted by atomic mass is 10.1. The molecule has 0 radical (unpaired) electrons. The number of rotatable bonds is 5. The van der Waals surface area contributed by atoms with Gasteiger partial charge in [-0.3, -0.25) is 9.48 Å². The van der Waals surface area contributed by atoms with Crippen molar-refractivity contribution in [1.82, 2.24) is 14.1 Å². The molecule has 0 spiro atoms. The van der Waals surface area contributed by atoms with Gasteiger partial charge in [0.05, 0.1) is 17.6 Å². The van der Waals surface area contributed by atoms with Gasteiger partial charge in [-0.15, -0.1) is 4.40 Å². The minimum atomic E-state index is -3.99. The van der Waals surface area contributed by atoms with Crippen LogP contribution in [0.1, 0.15) is 24.5 Å². The fourth-order valence-corrected chi connectivity index (χ4v) is 3.51. The summed E-state index contributed by atoms with van der Waals surface area (Å²) in [6, 6.07) is 7.27. The van der Waals surface area contributed by atoms with Gasteiger partial charge in [-0.05, 0) is 19.4 Å². The second-order valence-corrected chi connectivity index (χ2v) is 7.89. The summed E-state index contributed by atoms with van der Waals surface area (Å²) in [5.41, 5.74) is 2.38. The van der Waals surface area contributed by atoms with E-state index in [2.05, 4.69) is 14.8 Å². The molecule has 1 amide bonds. The third-order valence-electron chi connectivity index (χ3n) is 4.10. The van der Waals surface area contributed by atoms with Crippen LogP contribution in [0.15, 0.2) is 52.8 Å². The number of amides is 1. The Morgan fingerprint density at radius 2 is 1.93 bits per heavy atom. The highest BCUT2D eigenvalue weighted by Crippen LogP contribution is 2.21. The number of likely N-dealkylation sites (N-methyl/N-ethyl adjacent to an activating group) is 1. The van der Waals surface area contributed by atoms with Gasteiger partial charge in [-0.1, -0.05) is 36.8 Å². The molecular formula is C18H21N5O3S. The zero-order chi connectivity index (χ0) is 19.6. The third kappa shape index (κ3) is 4.08. The molecule has 142 valence electrons. The Balaban J connectivity index is 1.90. The van der Waals surface area contributed by atoms with Gasteiger partial charge in [0.1, 0.15) is 5.70 Å². The summed E-state index contributed by atoms with van der Waals surface area (Å²) in [7, 11) is -2.69. The molecule has 2 aromatic rings. The quantitative estimate of drug-likeness (QED) is 0.850. The predicted molar refractivity (Wildman–Crippen MR) is 104 cm³/mol. The van der Waals surface area contributed by atoms with Crippen molar-refractivity contribution < 1.29 is 13.2 Å². The van der Waals surface area contributed by atoms with Crippen molar-refractivity contribution in [3.8, 4) is 0 Å². The Labute approximate surface area is 158 Å². The number of aromatic nitrogens is 2. The summed E-state index contributed by atoms with van der Waals surface area (Å²) >= 11 is 0. The molecule has 8 nitrogen and oxygen atoms in total. The van der Waals surface area contributed by atoms with E-state index < -0.39 is 16.1 Å². The first kappa shape index (κ1) is 18.8. The van der Waals surface area contributed by atoms with E-state index in [0.717, 1.165) is 22.8 Å². The number of carbonyl (C=O) groups is 1. The van der Waals surface area contributed by atoms with Gasteiger partial charge in [-0.25, -0.2) is 4.31 Å². The van der Waals surface area contributed by atoms with Gasteiger partial charge in [0.15, 0.2) is 0 Å². The van der Waals surface area contributed by atoms with Crippen LogP contribution in [0.3, 0.4) is 0 Å². The number of aryl methyl sites for hydroxylation is 2. The molecule has 1 aromatic heterocycles. The summed E-state index contributed by atoms with van der Waals surface area (Å²) in [6.45, 7) is 4.69. The molecule has 1 aromatic carbocycles. The van der Waals surface area contributed by atoms with Crippen molar-refractivity contribution in [2.24, 2.45) is 4.40 Å². The van der Waals surface area contributed by atoms with Gasteiger partial charge in [-0.2, -0.15) is 13.5 Å². The number of carbonyl (C=O) groups excluding carboxylic acids is 1. The number of nitrogens with zero attached hydrogens (tertiary/aromatic N) is 4. The van der Waals surface area contributed by atoms with Crippen molar-refractivity contribution >= 4 is 27.5 Å². The van der Waals surface area contributed by atoms with E-state index in [-0.39, 0.29) is 11.4 Å². The van der Waals surface area contributed by atoms with E-state index in [9.17, 15) is 13.2 Å². The highest BCUT2D eigenvalue weighted by atomic mass is 32.2. The molecule has 27 heavy (non-hydrogen) atoms. The highest BCUT2D eigenvalue weighted by molar-refractivity contribution is 7.88. The second-order valence-electron chi connectivity index (χ2n) is 6.26. The number of nitrogens with one attached hydrogen (secondary N) is 1. The Kier molecular flexibility index (Phi) is 5.13. The Morgan fingerprint density at radius 1 is 1.22 bits per heavy atom. The molecule has 0 atom stereocenters. The number of hydrogen-bond donors (Lipinski definition) is 1. The van der Waals surface area contributed by atoms with E-state index in [1.54, 1.807) is 23.0 Å². The van der Waals surface area contributed by atoms with Crippen LogP contribution in [0.25, 0.3) is 0 Å². The van der Waals surface area contributed by atoms with Crippen LogP contribution in [0, 0.1) is 6.92 Å². The number of allylic oxidation sites excluding steroid dienone is 1. The van der Waals surface area contributed by atoms with Crippen molar-refractivity contribution in [2.45, 2.75) is 26.8 Å². The zero-order valence-corrected chi connectivity index (χ0v) is 16.2. The molecule has 1 aliphatic rings. The van der Waals surface area contributed by atoms with Crippen LogP contribution in [-0.4, -0.2) is 41.2 Å². The van der Waals surface area contributed by atoms with Crippen LogP contribution < -0.4 is 5.32 Å². The average molecular weight is 387 g/mol. The molecule has 0 saturated carbocycles. The van der Waals surface area contributed by atoms with Gasteiger partial charge in [0, 0.05) is 25.4 Å². The predicted octanol–water partition coefficient (Wildman–Crippen LogP) is 2.10. The molecule has 1 N–H and O–H groups in total. The fourth-order valence-electron chi connectivity index (χ4n) is 2.60. The van der Waals surface area contributed by atoms with E-state index in [0.29, 0.717) is 11.3 Å². The van der Waals surface area contributed by atoms with E-state index in [1.807, 2.05) is 26.0 Å². The van der Waals surface area contributed by atoms with Gasteiger partial charge in [0.2, 0.25) is 0 Å². The fraction of sp³-hybridized carbons (Fsp3) is 0.278. The lowest BCUT2D eigenvalue weighted by Crippen LogP contribution is -2.35. The number of hydrogen-bond acceptors (Lipinski definition) is 4. The normalized spacial score (nSPS) is 15.9. The zero-order valence-electron chi connectivity index (χ0n) is 15.4. The highest BCUT2D eigenvalue weighted by Gasteiger charge is 2.30. The summed E-state index contributed by atoms with van der Waals surface area (Å²) in [5, 5.41) is 6.84. The first-order chi connectivity index (χ1) is 12.8. The first-order valence-corrected chi connectivity index (χ1v) is 9.91. The standard InChI is InChI=1S/C18H21N5O3S/c1-4-9-23-12-15(11-19-23)20-18(24)17-10-16(21-27(25,26)22(17)3)14-7-5-13(2)6-8-14/h5-8,10-12H,4,9H2,1-3H3,(H,20,24). The molecule has 0 bridgehead atoms. The van der Waals surface area contributed by atoms with Crippen LogP contribution in [0.2, 0.25) is 0 Å². The van der Waals surface area contributed by atoms with Crippen LogP contribution >= 0.6 is 0 Å². The van der Waals surface area contributed by atoms with Gasteiger partial charge in [0.25, 0.3) is 5.91 Å².